The molecule has 142 valence electrons. The van der Waals surface area contributed by atoms with E-state index >= 15 is 0 Å². The minimum absolute atomic E-state index is 0.0888. The van der Waals surface area contributed by atoms with Crippen LogP contribution in [-0.4, -0.2) is 26.1 Å². The molecule has 0 saturated heterocycles. The van der Waals surface area contributed by atoms with Crippen LogP contribution in [0, 0.1) is 0 Å². The van der Waals surface area contributed by atoms with Gasteiger partial charge in [0.25, 0.3) is 0 Å². The number of nitrogens with zero attached hydrogens (tertiary/aromatic N) is 4. The zero-order chi connectivity index (χ0) is 19.4. The number of pyridine rings is 1. The van der Waals surface area contributed by atoms with E-state index in [0.717, 1.165) is 23.7 Å². The van der Waals surface area contributed by atoms with E-state index in [1.807, 2.05) is 38.1 Å². The lowest BCUT2D eigenvalue weighted by atomic mass is 10.3. The summed E-state index contributed by atoms with van der Waals surface area (Å²) in [5, 5.41) is 11.0. The first kappa shape index (κ1) is 18.7. The molecule has 0 aliphatic carbocycles. The number of benzene rings is 1. The molecule has 0 spiro atoms. The fraction of sp³-hybridized carbons (Fsp3) is 0.278. The zero-order valence-electron chi connectivity index (χ0n) is 14.7. The minimum atomic E-state index is -4.48. The number of ether oxygens (including phenoxy) is 1. The van der Waals surface area contributed by atoms with Crippen molar-refractivity contribution in [2.45, 2.75) is 32.7 Å². The second-order valence-electron chi connectivity index (χ2n) is 6.10. The van der Waals surface area contributed by atoms with Crippen LogP contribution in [-0.2, 0) is 12.7 Å². The average Bonchev–Trinajstić information content (AvgIpc) is 3.09. The van der Waals surface area contributed by atoms with E-state index in [-0.39, 0.29) is 12.6 Å². The van der Waals surface area contributed by atoms with Crippen molar-refractivity contribution in [3.63, 3.8) is 0 Å². The SMILES string of the molecule is CC(C)Oc1ccc(-n2cc(CNc3ccnc(C(F)(F)F)c3)nn2)cc1. The topological polar surface area (TPSA) is 64.9 Å². The molecule has 0 radical (unpaired) electrons. The summed E-state index contributed by atoms with van der Waals surface area (Å²) >= 11 is 0. The zero-order valence-corrected chi connectivity index (χ0v) is 14.7. The number of rotatable bonds is 6. The lowest BCUT2D eigenvalue weighted by Crippen LogP contribution is -2.09. The highest BCUT2D eigenvalue weighted by Gasteiger charge is 2.32. The second-order valence-corrected chi connectivity index (χ2v) is 6.10. The molecular formula is C18H18F3N5O. The minimum Gasteiger partial charge on any atom is -0.491 e. The quantitative estimate of drug-likeness (QED) is 0.701. The molecule has 9 heteroatoms. The maximum absolute atomic E-state index is 12.7. The first-order valence-corrected chi connectivity index (χ1v) is 8.27. The van der Waals surface area contributed by atoms with Gasteiger partial charge in [-0.05, 0) is 50.2 Å². The second kappa shape index (κ2) is 7.65. The molecule has 0 aliphatic rings. The van der Waals surface area contributed by atoms with Gasteiger partial charge in [-0.15, -0.1) is 5.10 Å². The maximum atomic E-state index is 12.7. The monoisotopic (exact) mass is 377 g/mol. The number of anilines is 1. The molecular weight excluding hydrogens is 359 g/mol. The average molecular weight is 377 g/mol. The molecule has 2 heterocycles. The van der Waals surface area contributed by atoms with Gasteiger partial charge in [-0.2, -0.15) is 13.2 Å². The Morgan fingerprint density at radius 3 is 2.56 bits per heavy atom. The molecule has 3 rings (SSSR count). The molecule has 0 fully saturated rings. The highest BCUT2D eigenvalue weighted by atomic mass is 19.4. The van der Waals surface area contributed by atoms with Crippen molar-refractivity contribution in [1.29, 1.82) is 0 Å². The normalized spacial score (nSPS) is 11.6. The summed E-state index contributed by atoms with van der Waals surface area (Å²) in [6, 6.07) is 9.80. The molecule has 2 aromatic heterocycles. The summed E-state index contributed by atoms with van der Waals surface area (Å²) in [7, 11) is 0. The van der Waals surface area contributed by atoms with Crippen molar-refractivity contribution in [1.82, 2.24) is 20.0 Å². The van der Waals surface area contributed by atoms with E-state index in [0.29, 0.717) is 11.4 Å². The first-order chi connectivity index (χ1) is 12.8. The number of alkyl halides is 3. The van der Waals surface area contributed by atoms with Gasteiger partial charge in [-0.3, -0.25) is 4.98 Å². The summed E-state index contributed by atoms with van der Waals surface area (Å²) in [4.78, 5) is 3.33. The Kier molecular flexibility index (Phi) is 5.29. The Bertz CT molecular complexity index is 891. The van der Waals surface area contributed by atoms with Crippen molar-refractivity contribution in [2.24, 2.45) is 0 Å². The van der Waals surface area contributed by atoms with Crippen molar-refractivity contribution in [3.05, 3.63) is 60.2 Å². The molecule has 0 saturated carbocycles. The van der Waals surface area contributed by atoms with E-state index in [1.165, 1.54) is 6.07 Å². The van der Waals surface area contributed by atoms with Gasteiger partial charge < -0.3 is 10.1 Å². The maximum Gasteiger partial charge on any atom is 0.433 e. The van der Waals surface area contributed by atoms with Gasteiger partial charge in [0, 0.05) is 11.9 Å². The molecule has 0 bridgehead atoms. The number of aromatic nitrogens is 4. The van der Waals surface area contributed by atoms with Gasteiger partial charge in [0.2, 0.25) is 0 Å². The largest absolute Gasteiger partial charge is 0.491 e. The Morgan fingerprint density at radius 2 is 1.89 bits per heavy atom. The fourth-order valence-electron chi connectivity index (χ4n) is 2.34. The molecule has 0 atom stereocenters. The molecule has 0 amide bonds. The molecule has 1 N–H and O–H groups in total. The molecule has 1 aromatic carbocycles. The molecule has 3 aromatic rings. The van der Waals surface area contributed by atoms with Crippen molar-refractivity contribution in [2.75, 3.05) is 5.32 Å². The lowest BCUT2D eigenvalue weighted by molar-refractivity contribution is -0.141. The summed E-state index contributed by atoms with van der Waals surface area (Å²) in [5.41, 5.74) is 0.748. The van der Waals surface area contributed by atoms with E-state index in [2.05, 4.69) is 20.6 Å². The van der Waals surface area contributed by atoms with Crippen molar-refractivity contribution >= 4 is 5.69 Å². The predicted octanol–water partition coefficient (Wildman–Crippen LogP) is 4.08. The lowest BCUT2D eigenvalue weighted by Gasteiger charge is -2.09. The van der Waals surface area contributed by atoms with Crippen LogP contribution in [0.4, 0.5) is 18.9 Å². The smallest absolute Gasteiger partial charge is 0.433 e. The van der Waals surface area contributed by atoms with E-state index in [1.54, 1.807) is 10.9 Å². The Labute approximate surface area is 154 Å². The van der Waals surface area contributed by atoms with E-state index in [9.17, 15) is 13.2 Å². The van der Waals surface area contributed by atoms with Crippen molar-refractivity contribution in [3.8, 4) is 11.4 Å². The third-order valence-electron chi connectivity index (χ3n) is 3.54. The summed E-state index contributed by atoms with van der Waals surface area (Å²) < 4.78 is 45.3. The van der Waals surface area contributed by atoms with Crippen LogP contribution in [0.2, 0.25) is 0 Å². The highest BCUT2D eigenvalue weighted by molar-refractivity contribution is 5.44. The summed E-state index contributed by atoms with van der Waals surface area (Å²) in [6.45, 7) is 4.13. The number of hydrogen-bond acceptors (Lipinski definition) is 5. The van der Waals surface area contributed by atoms with Crippen LogP contribution in [0.25, 0.3) is 5.69 Å². The first-order valence-electron chi connectivity index (χ1n) is 8.27. The van der Waals surface area contributed by atoms with E-state index in [4.69, 9.17) is 4.74 Å². The Hall–Kier alpha value is -3.10. The van der Waals surface area contributed by atoms with Crippen molar-refractivity contribution < 1.29 is 17.9 Å². The van der Waals surface area contributed by atoms with Crippen LogP contribution in [0.3, 0.4) is 0 Å². The Morgan fingerprint density at radius 1 is 1.15 bits per heavy atom. The highest BCUT2D eigenvalue weighted by Crippen LogP contribution is 2.28. The van der Waals surface area contributed by atoms with Gasteiger partial charge in [0.1, 0.15) is 17.1 Å². The van der Waals surface area contributed by atoms with Crippen LogP contribution in [0.1, 0.15) is 25.2 Å². The molecule has 27 heavy (non-hydrogen) atoms. The summed E-state index contributed by atoms with van der Waals surface area (Å²) in [5.74, 6) is 0.758. The van der Waals surface area contributed by atoms with Crippen LogP contribution < -0.4 is 10.1 Å². The number of nitrogens with one attached hydrogen (secondary N) is 1. The molecule has 0 unspecified atom stereocenters. The van der Waals surface area contributed by atoms with Gasteiger partial charge in [-0.25, -0.2) is 4.68 Å². The third-order valence-corrected chi connectivity index (χ3v) is 3.54. The van der Waals surface area contributed by atoms with Gasteiger partial charge >= 0.3 is 6.18 Å². The van der Waals surface area contributed by atoms with Crippen LogP contribution >= 0.6 is 0 Å². The predicted molar refractivity (Wildman–Crippen MR) is 93.7 cm³/mol. The van der Waals surface area contributed by atoms with Crippen LogP contribution in [0.5, 0.6) is 5.75 Å². The number of hydrogen-bond donors (Lipinski definition) is 1. The van der Waals surface area contributed by atoms with Crippen LogP contribution in [0.15, 0.2) is 48.8 Å². The third kappa shape index (κ3) is 4.96. The van der Waals surface area contributed by atoms with Gasteiger partial charge in [-0.1, -0.05) is 5.21 Å². The number of halogens is 3. The standard InChI is InChI=1S/C18H18F3N5O/c1-12(2)27-16-5-3-15(4-6-16)26-11-14(24-25-26)10-23-13-7-8-22-17(9-13)18(19,20)21/h3-9,11-12H,10H2,1-2H3,(H,22,23). The fourth-order valence-corrected chi connectivity index (χ4v) is 2.34. The van der Waals surface area contributed by atoms with Gasteiger partial charge in [0.15, 0.2) is 0 Å². The Balaban J connectivity index is 1.65. The van der Waals surface area contributed by atoms with E-state index < -0.39 is 11.9 Å². The summed E-state index contributed by atoms with van der Waals surface area (Å²) in [6.07, 6.45) is -1.57. The molecule has 0 aliphatic heterocycles. The van der Waals surface area contributed by atoms with Gasteiger partial charge in [0.05, 0.1) is 24.5 Å². The molecule has 6 nitrogen and oxygen atoms in total.